The predicted octanol–water partition coefficient (Wildman–Crippen LogP) is 0.799. The number of benzene rings is 1. The van der Waals surface area contributed by atoms with Crippen LogP contribution >= 0.6 is 0 Å². The third-order valence-electron chi connectivity index (χ3n) is 1.94. The third kappa shape index (κ3) is 2.49. The van der Waals surface area contributed by atoms with Gasteiger partial charge in [0, 0.05) is 5.56 Å². The van der Waals surface area contributed by atoms with E-state index < -0.39 is 5.82 Å². The van der Waals surface area contributed by atoms with Crippen LogP contribution < -0.4 is 11.5 Å². The monoisotopic (exact) mass is 228 g/mol. The molecule has 0 aliphatic carbocycles. The van der Waals surface area contributed by atoms with Crippen molar-refractivity contribution in [3.63, 3.8) is 0 Å². The van der Waals surface area contributed by atoms with Crippen molar-refractivity contribution in [2.24, 2.45) is 0 Å². The van der Waals surface area contributed by atoms with E-state index in [1.54, 1.807) is 24.3 Å². The molecule has 0 saturated heterocycles. The van der Waals surface area contributed by atoms with Crippen molar-refractivity contribution in [3.8, 4) is 11.3 Å². The molecular weight excluding hydrogens is 218 g/mol. The Balaban J connectivity index is 0.00000128. The van der Waals surface area contributed by atoms with Crippen molar-refractivity contribution >= 4 is 41.3 Å². The van der Waals surface area contributed by atoms with Gasteiger partial charge < -0.3 is 11.5 Å². The first-order valence-electron chi connectivity index (χ1n) is 4.32. The van der Waals surface area contributed by atoms with E-state index in [-0.39, 0.29) is 47.0 Å². The standard InChI is InChI=1S/C10H9FN4.Na.H/c11-7-8(6-4-2-1-3-5-6)14-10(13)15-9(7)12;;/h1-5H,(H4,12,13,14,15);;. The molecule has 0 amide bonds. The number of hydrogen-bond donors (Lipinski definition) is 2. The van der Waals surface area contributed by atoms with Crippen LogP contribution in [0.3, 0.4) is 0 Å². The van der Waals surface area contributed by atoms with Crippen molar-refractivity contribution in [1.82, 2.24) is 9.97 Å². The second-order valence-electron chi connectivity index (χ2n) is 3.00. The molecule has 1 aromatic carbocycles. The molecule has 1 aromatic heterocycles. The van der Waals surface area contributed by atoms with Gasteiger partial charge in [-0.05, 0) is 0 Å². The van der Waals surface area contributed by atoms with Gasteiger partial charge in [-0.25, -0.2) is 9.37 Å². The zero-order valence-electron chi connectivity index (χ0n) is 7.81. The Morgan fingerprint density at radius 2 is 1.62 bits per heavy atom. The average molecular weight is 228 g/mol. The molecule has 0 atom stereocenters. The van der Waals surface area contributed by atoms with E-state index in [0.29, 0.717) is 5.56 Å². The fraction of sp³-hybridized carbons (Fsp3) is 0. The maximum absolute atomic E-state index is 13.6. The van der Waals surface area contributed by atoms with Gasteiger partial charge in [-0.3, -0.25) is 0 Å². The number of hydrogen-bond acceptors (Lipinski definition) is 4. The van der Waals surface area contributed by atoms with Crippen LogP contribution in [-0.4, -0.2) is 39.5 Å². The molecule has 4 nitrogen and oxygen atoms in total. The molecule has 0 aliphatic rings. The van der Waals surface area contributed by atoms with Crippen LogP contribution in [0.15, 0.2) is 30.3 Å². The Bertz CT molecular complexity index is 490. The minimum absolute atomic E-state index is 0. The summed E-state index contributed by atoms with van der Waals surface area (Å²) in [7, 11) is 0. The molecule has 4 N–H and O–H groups in total. The summed E-state index contributed by atoms with van der Waals surface area (Å²) >= 11 is 0. The van der Waals surface area contributed by atoms with Crippen LogP contribution in [0.2, 0.25) is 0 Å². The van der Waals surface area contributed by atoms with Crippen molar-refractivity contribution in [2.45, 2.75) is 0 Å². The summed E-state index contributed by atoms with van der Waals surface area (Å²) in [6.45, 7) is 0. The molecule has 0 saturated carbocycles. The second kappa shape index (κ2) is 5.25. The van der Waals surface area contributed by atoms with Gasteiger partial charge in [0.2, 0.25) is 5.95 Å². The van der Waals surface area contributed by atoms with Gasteiger partial charge in [0.1, 0.15) is 5.69 Å². The van der Waals surface area contributed by atoms with E-state index in [0.717, 1.165) is 0 Å². The first-order valence-corrected chi connectivity index (χ1v) is 4.32. The number of nitrogen functional groups attached to an aromatic ring is 2. The molecule has 2 aromatic rings. The van der Waals surface area contributed by atoms with E-state index in [2.05, 4.69) is 9.97 Å². The predicted molar refractivity (Wildman–Crippen MR) is 63.4 cm³/mol. The summed E-state index contributed by atoms with van der Waals surface area (Å²) < 4.78 is 13.6. The third-order valence-corrected chi connectivity index (χ3v) is 1.94. The number of anilines is 2. The van der Waals surface area contributed by atoms with Crippen LogP contribution in [0.1, 0.15) is 0 Å². The average Bonchev–Trinajstić information content (AvgIpc) is 2.24. The Morgan fingerprint density at radius 3 is 2.25 bits per heavy atom. The summed E-state index contributed by atoms with van der Waals surface area (Å²) in [6, 6.07) is 8.84. The number of rotatable bonds is 1. The zero-order valence-corrected chi connectivity index (χ0v) is 7.81. The molecule has 0 unspecified atom stereocenters. The van der Waals surface area contributed by atoms with Gasteiger partial charge in [-0.15, -0.1) is 0 Å². The Kier molecular flexibility index (Phi) is 4.23. The normalized spacial score (nSPS) is 9.56. The van der Waals surface area contributed by atoms with Gasteiger partial charge in [-0.1, -0.05) is 30.3 Å². The van der Waals surface area contributed by atoms with Gasteiger partial charge >= 0.3 is 29.6 Å². The van der Waals surface area contributed by atoms with Crippen molar-refractivity contribution in [3.05, 3.63) is 36.1 Å². The van der Waals surface area contributed by atoms with Crippen LogP contribution in [-0.2, 0) is 0 Å². The molecule has 0 aliphatic heterocycles. The van der Waals surface area contributed by atoms with Gasteiger partial charge in [0.25, 0.3) is 0 Å². The molecule has 0 radical (unpaired) electrons. The molecule has 0 fully saturated rings. The summed E-state index contributed by atoms with van der Waals surface area (Å²) in [5, 5.41) is 0. The molecule has 0 bridgehead atoms. The summed E-state index contributed by atoms with van der Waals surface area (Å²) in [5.41, 5.74) is 11.5. The van der Waals surface area contributed by atoms with Crippen LogP contribution in [0.5, 0.6) is 0 Å². The number of nitrogens with zero attached hydrogens (tertiary/aromatic N) is 2. The van der Waals surface area contributed by atoms with Gasteiger partial charge in [-0.2, -0.15) is 4.98 Å². The topological polar surface area (TPSA) is 77.8 Å². The molecule has 0 spiro atoms. The molecular formula is C10H10FN4Na. The zero-order chi connectivity index (χ0) is 10.8. The fourth-order valence-corrected chi connectivity index (χ4v) is 1.27. The van der Waals surface area contributed by atoms with E-state index >= 15 is 0 Å². The second-order valence-corrected chi connectivity index (χ2v) is 3.00. The van der Waals surface area contributed by atoms with Crippen LogP contribution in [0.4, 0.5) is 16.2 Å². The maximum atomic E-state index is 13.6. The quantitative estimate of drug-likeness (QED) is 0.707. The van der Waals surface area contributed by atoms with Gasteiger partial charge in [0.15, 0.2) is 11.6 Å². The molecule has 1 heterocycles. The first-order chi connectivity index (χ1) is 7.18. The molecule has 78 valence electrons. The van der Waals surface area contributed by atoms with Crippen LogP contribution in [0, 0.1) is 5.82 Å². The molecule has 16 heavy (non-hydrogen) atoms. The van der Waals surface area contributed by atoms with E-state index in [4.69, 9.17) is 11.5 Å². The summed E-state index contributed by atoms with van der Waals surface area (Å²) in [4.78, 5) is 7.34. The number of halogens is 1. The van der Waals surface area contributed by atoms with Crippen molar-refractivity contribution in [1.29, 1.82) is 0 Å². The minimum atomic E-state index is -0.643. The molecule has 2 rings (SSSR count). The van der Waals surface area contributed by atoms with Gasteiger partial charge in [0.05, 0.1) is 0 Å². The number of aromatic nitrogens is 2. The van der Waals surface area contributed by atoms with Crippen molar-refractivity contribution in [2.75, 3.05) is 11.5 Å². The molecule has 6 heteroatoms. The summed E-state index contributed by atoms with van der Waals surface area (Å²) in [5.74, 6) is -0.912. The fourth-order valence-electron chi connectivity index (χ4n) is 1.27. The van der Waals surface area contributed by atoms with Crippen LogP contribution in [0.25, 0.3) is 11.3 Å². The SMILES string of the molecule is Nc1nc(N)c(F)c(-c2ccccc2)n1.[NaH]. The van der Waals surface area contributed by atoms with E-state index in [1.807, 2.05) is 6.07 Å². The Hall–Kier alpha value is -1.17. The Labute approximate surface area is 114 Å². The number of nitrogens with two attached hydrogens (primary N) is 2. The Morgan fingerprint density at radius 1 is 1.00 bits per heavy atom. The first kappa shape index (κ1) is 12.9. The van der Waals surface area contributed by atoms with E-state index in [9.17, 15) is 4.39 Å². The summed E-state index contributed by atoms with van der Waals surface area (Å²) in [6.07, 6.45) is 0. The van der Waals surface area contributed by atoms with E-state index in [1.165, 1.54) is 0 Å². The van der Waals surface area contributed by atoms with Crippen molar-refractivity contribution < 1.29 is 4.39 Å².